The Bertz CT molecular complexity index is 667. The molecule has 0 saturated carbocycles. The van der Waals surface area contributed by atoms with Crippen LogP contribution < -0.4 is 5.32 Å². The van der Waals surface area contributed by atoms with E-state index in [2.05, 4.69) is 15.3 Å². The van der Waals surface area contributed by atoms with Crippen molar-refractivity contribution >= 4 is 11.8 Å². The number of likely N-dealkylation sites (tertiary alicyclic amines) is 1. The number of piperidine rings is 1. The molecule has 2 amide bonds. The average molecular weight is 374 g/mol. The highest BCUT2D eigenvalue weighted by Crippen LogP contribution is 2.27. The summed E-state index contributed by atoms with van der Waals surface area (Å²) >= 11 is 0. The van der Waals surface area contributed by atoms with Crippen LogP contribution in [0.4, 0.5) is 13.2 Å². The fourth-order valence-electron chi connectivity index (χ4n) is 2.80. The van der Waals surface area contributed by atoms with Crippen molar-refractivity contribution in [3.8, 4) is 0 Å². The van der Waals surface area contributed by atoms with Crippen molar-refractivity contribution in [2.45, 2.75) is 32.5 Å². The van der Waals surface area contributed by atoms with E-state index in [1.165, 1.54) is 14.0 Å². The molecule has 1 aliphatic rings. The smallest absolute Gasteiger partial charge is 0.375 e. The maximum Gasteiger partial charge on any atom is 0.433 e. The van der Waals surface area contributed by atoms with Crippen LogP contribution in [0.2, 0.25) is 0 Å². The highest BCUT2D eigenvalue weighted by molar-refractivity contribution is 5.81. The van der Waals surface area contributed by atoms with Gasteiger partial charge in [0.2, 0.25) is 11.8 Å². The summed E-state index contributed by atoms with van der Waals surface area (Å²) in [5.41, 5.74) is -0.867. The number of halogens is 3. The first-order valence-corrected chi connectivity index (χ1v) is 8.17. The third-order valence-corrected chi connectivity index (χ3v) is 4.02. The van der Waals surface area contributed by atoms with Crippen LogP contribution in [0.3, 0.4) is 0 Å². The van der Waals surface area contributed by atoms with Crippen molar-refractivity contribution in [2.24, 2.45) is 5.92 Å². The van der Waals surface area contributed by atoms with Crippen molar-refractivity contribution in [1.82, 2.24) is 20.2 Å². The van der Waals surface area contributed by atoms with E-state index in [0.717, 1.165) is 6.07 Å². The Morgan fingerprint density at radius 3 is 2.77 bits per heavy atom. The molecule has 1 aliphatic heterocycles. The van der Waals surface area contributed by atoms with Crippen molar-refractivity contribution in [1.29, 1.82) is 0 Å². The number of carbonyl (C=O) groups is 2. The summed E-state index contributed by atoms with van der Waals surface area (Å²) in [5, 5.41) is 2.57. The molecule has 7 nitrogen and oxygen atoms in total. The molecular formula is C16H21F3N4O3. The fourth-order valence-corrected chi connectivity index (χ4v) is 2.80. The Balaban J connectivity index is 1.96. The number of aryl methyl sites for hydroxylation is 1. The van der Waals surface area contributed by atoms with E-state index in [4.69, 9.17) is 4.74 Å². The largest absolute Gasteiger partial charge is 0.433 e. The highest BCUT2D eigenvalue weighted by atomic mass is 19.4. The quantitative estimate of drug-likeness (QED) is 0.840. The maximum atomic E-state index is 12.8. The van der Waals surface area contributed by atoms with Gasteiger partial charge in [0.05, 0.1) is 12.5 Å². The van der Waals surface area contributed by atoms with E-state index >= 15 is 0 Å². The summed E-state index contributed by atoms with van der Waals surface area (Å²) < 4.78 is 43.2. The van der Waals surface area contributed by atoms with E-state index in [1.807, 2.05) is 0 Å². The van der Waals surface area contributed by atoms with Crippen molar-refractivity contribution in [3.05, 3.63) is 23.3 Å². The summed E-state index contributed by atoms with van der Waals surface area (Å²) in [5.74, 6) is -1.05. The van der Waals surface area contributed by atoms with Crippen LogP contribution in [0.5, 0.6) is 0 Å². The maximum absolute atomic E-state index is 12.8. The van der Waals surface area contributed by atoms with Gasteiger partial charge in [0.25, 0.3) is 0 Å². The lowest BCUT2D eigenvalue weighted by molar-refractivity contribution is -0.141. The third kappa shape index (κ3) is 5.38. The van der Waals surface area contributed by atoms with Crippen LogP contribution in [0.25, 0.3) is 0 Å². The minimum atomic E-state index is -4.57. The normalized spacial score (nSPS) is 17.9. The zero-order chi connectivity index (χ0) is 19.3. The Morgan fingerprint density at radius 2 is 2.12 bits per heavy atom. The van der Waals surface area contributed by atoms with Gasteiger partial charge in [0.15, 0.2) is 0 Å². The van der Waals surface area contributed by atoms with Crippen LogP contribution in [-0.2, 0) is 27.0 Å². The molecule has 2 rings (SSSR count). The molecule has 0 aliphatic carbocycles. The highest BCUT2D eigenvalue weighted by Gasteiger charge is 2.33. The number of rotatable bonds is 5. The first-order valence-electron chi connectivity index (χ1n) is 8.17. The van der Waals surface area contributed by atoms with Crippen molar-refractivity contribution in [2.75, 3.05) is 26.8 Å². The molecule has 2 heterocycles. The van der Waals surface area contributed by atoms with Gasteiger partial charge >= 0.3 is 6.18 Å². The second-order valence-electron chi connectivity index (χ2n) is 6.14. The van der Waals surface area contributed by atoms with Gasteiger partial charge in [-0.1, -0.05) is 0 Å². The summed E-state index contributed by atoms with van der Waals surface area (Å²) in [6, 6.07) is 0.853. The van der Waals surface area contributed by atoms with Gasteiger partial charge < -0.3 is 15.0 Å². The first-order chi connectivity index (χ1) is 12.2. The van der Waals surface area contributed by atoms with Gasteiger partial charge in [-0.05, 0) is 25.8 Å². The molecule has 1 atom stereocenters. The third-order valence-electron chi connectivity index (χ3n) is 4.02. The molecular weight excluding hydrogens is 353 g/mol. The molecule has 1 fully saturated rings. The minimum Gasteiger partial charge on any atom is -0.375 e. The van der Waals surface area contributed by atoms with Crippen molar-refractivity contribution in [3.63, 3.8) is 0 Å². The van der Waals surface area contributed by atoms with Gasteiger partial charge in [0.1, 0.15) is 18.1 Å². The predicted octanol–water partition coefficient (Wildman–Crippen LogP) is 1.31. The molecule has 1 saturated heterocycles. The number of nitrogens with one attached hydrogen (secondary N) is 1. The average Bonchev–Trinajstić information content (AvgIpc) is 2.59. The number of aromatic nitrogens is 2. The first kappa shape index (κ1) is 20.1. The Morgan fingerprint density at radius 1 is 1.38 bits per heavy atom. The van der Waals surface area contributed by atoms with Crippen LogP contribution in [0, 0.1) is 12.8 Å². The number of carbonyl (C=O) groups excluding carboxylic acids is 2. The summed E-state index contributed by atoms with van der Waals surface area (Å²) in [7, 11) is 1.42. The van der Waals surface area contributed by atoms with Gasteiger partial charge in [-0.25, -0.2) is 9.97 Å². The minimum absolute atomic E-state index is 0.0499. The number of alkyl halides is 3. The van der Waals surface area contributed by atoms with E-state index in [1.54, 1.807) is 4.90 Å². The molecule has 1 unspecified atom stereocenters. The topological polar surface area (TPSA) is 84.4 Å². The SMILES string of the molecule is COCC(=O)N1CCCC(C(=O)NCc2nc(C)cc(C(F)(F)F)n2)C1. The number of methoxy groups -OCH3 is 1. The zero-order valence-corrected chi connectivity index (χ0v) is 14.6. The molecule has 0 spiro atoms. The second-order valence-corrected chi connectivity index (χ2v) is 6.14. The summed E-state index contributed by atoms with van der Waals surface area (Å²) in [6.45, 7) is 2.00. The van der Waals surface area contributed by atoms with E-state index in [0.29, 0.717) is 19.4 Å². The Labute approximate surface area is 148 Å². The molecule has 10 heteroatoms. The zero-order valence-electron chi connectivity index (χ0n) is 14.6. The van der Waals surface area contributed by atoms with Gasteiger partial charge in [-0.3, -0.25) is 9.59 Å². The lowest BCUT2D eigenvalue weighted by Crippen LogP contribution is -2.46. The number of nitrogens with zero attached hydrogens (tertiary/aromatic N) is 3. The Kier molecular flexibility index (Phi) is 6.52. The van der Waals surface area contributed by atoms with Gasteiger partial charge in [0, 0.05) is 25.9 Å². The number of ether oxygens (including phenoxy) is 1. The molecule has 0 radical (unpaired) electrons. The second kappa shape index (κ2) is 8.43. The lowest BCUT2D eigenvalue weighted by Gasteiger charge is -2.31. The summed E-state index contributed by atoms with van der Waals surface area (Å²) in [6.07, 6.45) is -3.30. The van der Waals surface area contributed by atoms with E-state index < -0.39 is 17.8 Å². The van der Waals surface area contributed by atoms with Gasteiger partial charge in [-0.2, -0.15) is 13.2 Å². The molecule has 26 heavy (non-hydrogen) atoms. The predicted molar refractivity (Wildman–Crippen MR) is 84.8 cm³/mol. The molecule has 0 bridgehead atoms. The molecule has 0 aromatic carbocycles. The van der Waals surface area contributed by atoms with Crippen LogP contribution in [0.1, 0.15) is 30.1 Å². The van der Waals surface area contributed by atoms with Crippen molar-refractivity contribution < 1.29 is 27.5 Å². The standard InChI is InChI=1S/C16H21F3N4O3/c1-10-6-12(16(17,18)19)22-13(21-10)7-20-15(25)11-4-3-5-23(8-11)14(24)9-26-2/h6,11H,3-5,7-9H2,1-2H3,(H,20,25). The van der Waals surface area contributed by atoms with Gasteiger partial charge in [-0.15, -0.1) is 0 Å². The van der Waals surface area contributed by atoms with Crippen LogP contribution in [-0.4, -0.2) is 53.5 Å². The molecule has 144 valence electrons. The van der Waals surface area contributed by atoms with E-state index in [9.17, 15) is 22.8 Å². The number of hydrogen-bond acceptors (Lipinski definition) is 5. The number of hydrogen-bond donors (Lipinski definition) is 1. The summed E-state index contributed by atoms with van der Waals surface area (Å²) in [4.78, 5) is 33.1. The Hall–Kier alpha value is -2.23. The number of amides is 2. The van der Waals surface area contributed by atoms with Crippen LogP contribution in [0.15, 0.2) is 6.07 Å². The van der Waals surface area contributed by atoms with Crippen LogP contribution >= 0.6 is 0 Å². The molecule has 1 aromatic heterocycles. The lowest BCUT2D eigenvalue weighted by atomic mass is 9.97. The molecule has 1 N–H and O–H groups in total. The van der Waals surface area contributed by atoms with E-state index in [-0.39, 0.29) is 43.0 Å². The fraction of sp³-hybridized carbons (Fsp3) is 0.625. The monoisotopic (exact) mass is 374 g/mol. The molecule has 1 aromatic rings.